The van der Waals surface area contributed by atoms with Crippen LogP contribution in [0, 0.1) is 5.92 Å². The second-order valence-electron chi connectivity index (χ2n) is 9.53. The number of fused-ring (bicyclic) bond motifs is 3. The van der Waals surface area contributed by atoms with E-state index in [9.17, 15) is 13.8 Å². The minimum Gasteiger partial charge on any atom is -0.339 e. The molecule has 1 aliphatic heterocycles. The number of hydroxylamine groups is 1. The van der Waals surface area contributed by atoms with Crippen LogP contribution in [0.1, 0.15) is 38.4 Å². The zero-order chi connectivity index (χ0) is 25.2. The van der Waals surface area contributed by atoms with Gasteiger partial charge in [-0.15, -0.1) is 0 Å². The summed E-state index contributed by atoms with van der Waals surface area (Å²) in [5, 5.41) is 9.83. The van der Waals surface area contributed by atoms with Gasteiger partial charge in [0.2, 0.25) is 0 Å². The average Bonchev–Trinajstić information content (AvgIpc) is 3.20. The summed E-state index contributed by atoms with van der Waals surface area (Å²) in [7, 11) is 0. The van der Waals surface area contributed by atoms with E-state index in [1.165, 1.54) is 0 Å². The number of benzene rings is 2. The van der Waals surface area contributed by atoms with Crippen molar-refractivity contribution in [2.45, 2.75) is 19.4 Å². The molecule has 0 bridgehead atoms. The van der Waals surface area contributed by atoms with Gasteiger partial charge in [0.05, 0.1) is 0 Å². The van der Waals surface area contributed by atoms with Crippen molar-refractivity contribution >= 4 is 33.7 Å². The maximum atomic E-state index is 13.7. The van der Waals surface area contributed by atoms with Crippen LogP contribution in [-0.4, -0.2) is 78.6 Å². The van der Waals surface area contributed by atoms with Crippen molar-refractivity contribution < 1.29 is 23.6 Å². The lowest BCUT2D eigenvalue weighted by Crippen LogP contribution is -2.49. The van der Waals surface area contributed by atoms with E-state index in [1.54, 1.807) is 17.6 Å². The predicted molar refractivity (Wildman–Crippen MR) is 137 cm³/mol. The van der Waals surface area contributed by atoms with Crippen LogP contribution in [0.4, 0.5) is 0 Å². The van der Waals surface area contributed by atoms with E-state index in [1.807, 2.05) is 41.3 Å². The number of carbonyl (C=O) groups is 2. The lowest BCUT2D eigenvalue weighted by atomic mass is 9.84. The summed E-state index contributed by atoms with van der Waals surface area (Å²) < 4.78 is 22.4. The topological polar surface area (TPSA) is 115 Å². The molecule has 10 heteroatoms. The molecule has 0 saturated carbocycles. The van der Waals surface area contributed by atoms with E-state index in [0.717, 1.165) is 66.7 Å². The first-order chi connectivity index (χ1) is 17.4. The quantitative estimate of drug-likeness (QED) is 0.254. The van der Waals surface area contributed by atoms with Gasteiger partial charge >= 0.3 is 0 Å². The van der Waals surface area contributed by atoms with Crippen molar-refractivity contribution in [1.29, 1.82) is 0 Å². The third-order valence-corrected chi connectivity index (χ3v) is 7.91. The van der Waals surface area contributed by atoms with E-state index in [2.05, 4.69) is 9.47 Å². The molecule has 2 aliphatic rings. The second kappa shape index (κ2) is 10.6. The molecule has 2 atom stereocenters. The average molecular weight is 511 g/mol. The van der Waals surface area contributed by atoms with Crippen LogP contribution in [0.5, 0.6) is 0 Å². The van der Waals surface area contributed by atoms with Crippen LogP contribution in [0.25, 0.3) is 10.9 Å². The van der Waals surface area contributed by atoms with Crippen molar-refractivity contribution in [3.8, 4) is 0 Å². The Labute approximate surface area is 211 Å². The smallest absolute Gasteiger partial charge is 0.274 e. The molecule has 2 aromatic carbocycles. The highest BCUT2D eigenvalue weighted by Crippen LogP contribution is 2.35. The molecule has 9 nitrogen and oxygen atoms in total. The fourth-order valence-corrected chi connectivity index (χ4v) is 6.04. The van der Waals surface area contributed by atoms with Crippen LogP contribution in [-0.2, 0) is 24.0 Å². The summed E-state index contributed by atoms with van der Waals surface area (Å²) in [6.45, 7) is 4.35. The van der Waals surface area contributed by atoms with Crippen molar-refractivity contribution in [3.05, 3.63) is 70.9 Å². The highest BCUT2D eigenvalue weighted by molar-refractivity contribution is 7.79. The van der Waals surface area contributed by atoms with Crippen LogP contribution in [0.2, 0.25) is 0 Å². The zero-order valence-electron chi connectivity index (χ0n) is 19.9. The molecule has 2 unspecified atom stereocenters. The third-order valence-electron chi connectivity index (χ3n) is 7.32. The molecule has 1 fully saturated rings. The summed E-state index contributed by atoms with van der Waals surface area (Å²) in [6.07, 6.45) is 1.60. The van der Waals surface area contributed by atoms with Gasteiger partial charge in [0.25, 0.3) is 5.91 Å². The number of nitrogens with one attached hydrogen (secondary N) is 1. The van der Waals surface area contributed by atoms with Gasteiger partial charge in [-0.05, 0) is 36.6 Å². The number of Topliss-reactive ketones (excluding diaryl/α,β-unsaturated/α-hetero) is 1. The Morgan fingerprint density at radius 2 is 1.72 bits per heavy atom. The zero-order valence-corrected chi connectivity index (χ0v) is 20.7. The molecule has 3 aromatic rings. The molecule has 1 saturated heterocycles. The number of carbonyl (C=O) groups excluding carboxylic acids is 2. The molecule has 2 heterocycles. The Morgan fingerprint density at radius 1 is 1.03 bits per heavy atom. The fraction of sp³-hybridized carbons (Fsp3) is 0.385. The predicted octanol–water partition coefficient (Wildman–Crippen LogP) is 2.35. The summed E-state index contributed by atoms with van der Waals surface area (Å²) in [5.74, 6) is -0.241. The molecule has 0 radical (unpaired) electrons. The normalized spacial score (nSPS) is 19.8. The molecule has 3 N–H and O–H groups in total. The van der Waals surface area contributed by atoms with Crippen LogP contribution >= 0.6 is 0 Å². The highest BCUT2D eigenvalue weighted by Gasteiger charge is 2.34. The number of piperazine rings is 1. The summed E-state index contributed by atoms with van der Waals surface area (Å²) in [5.41, 5.74) is 5.95. The fourth-order valence-electron chi connectivity index (χ4n) is 5.47. The van der Waals surface area contributed by atoms with Crippen LogP contribution in [0.3, 0.4) is 0 Å². The van der Waals surface area contributed by atoms with E-state index < -0.39 is 17.0 Å². The van der Waals surface area contributed by atoms with E-state index >= 15 is 0 Å². The number of ketones is 1. The van der Waals surface area contributed by atoms with Gasteiger partial charge in [-0.25, -0.2) is 9.69 Å². The number of amides is 1. The third kappa shape index (κ3) is 5.00. The summed E-state index contributed by atoms with van der Waals surface area (Å²) in [6, 6.07) is 15.1. The number of para-hydroxylation sites is 1. The van der Waals surface area contributed by atoms with Crippen molar-refractivity contribution in [3.63, 3.8) is 0 Å². The first-order valence-corrected chi connectivity index (χ1v) is 13.4. The highest BCUT2D eigenvalue weighted by atomic mass is 32.2. The van der Waals surface area contributed by atoms with Gasteiger partial charge in [0, 0.05) is 72.9 Å². The Morgan fingerprint density at radius 3 is 2.42 bits per heavy atom. The Bertz CT molecular complexity index is 1300. The molecule has 1 amide bonds. The molecular formula is C26H30N4O5S. The SMILES string of the molecule is O=C(NO)c1ccc(Cn2c3c(c4ccccc42)C(=O)C(CN2CCN(CS(=O)O)CC2)CC3)cc1. The largest absolute Gasteiger partial charge is 0.339 e. The molecule has 1 aromatic heterocycles. The Kier molecular flexibility index (Phi) is 7.31. The molecule has 5 rings (SSSR count). The minimum atomic E-state index is -1.82. The van der Waals surface area contributed by atoms with Gasteiger partial charge < -0.3 is 14.0 Å². The van der Waals surface area contributed by atoms with Crippen LogP contribution in [0.15, 0.2) is 48.5 Å². The maximum absolute atomic E-state index is 13.7. The first-order valence-electron chi connectivity index (χ1n) is 12.1. The van der Waals surface area contributed by atoms with Crippen molar-refractivity contribution in [1.82, 2.24) is 19.8 Å². The monoisotopic (exact) mass is 510 g/mol. The number of hydrogen-bond donors (Lipinski definition) is 3. The van der Waals surface area contributed by atoms with E-state index in [4.69, 9.17) is 9.76 Å². The second-order valence-corrected chi connectivity index (χ2v) is 10.4. The van der Waals surface area contributed by atoms with Crippen molar-refractivity contribution in [2.24, 2.45) is 5.92 Å². The lowest BCUT2D eigenvalue weighted by molar-refractivity contribution is 0.0706. The molecular weight excluding hydrogens is 480 g/mol. The molecule has 36 heavy (non-hydrogen) atoms. The van der Waals surface area contributed by atoms with Gasteiger partial charge in [-0.1, -0.05) is 30.3 Å². The standard InChI is InChI=1S/C26H30N4O5S/c31-25-20(16-28-11-13-29(14-12-28)17-36(34)35)9-10-23-24(25)21-3-1-2-4-22(21)30(23)15-18-5-7-19(8-6-18)26(32)27-33/h1-8,20,33H,9-17H2,(H,27,32)(H,34,35). The number of rotatable bonds is 7. The number of hydrogen-bond acceptors (Lipinski definition) is 6. The summed E-state index contributed by atoms with van der Waals surface area (Å²) in [4.78, 5) is 29.7. The maximum Gasteiger partial charge on any atom is 0.274 e. The Balaban J connectivity index is 1.35. The summed E-state index contributed by atoms with van der Waals surface area (Å²) >= 11 is -1.82. The van der Waals surface area contributed by atoms with E-state index in [-0.39, 0.29) is 17.6 Å². The van der Waals surface area contributed by atoms with E-state index in [0.29, 0.717) is 18.7 Å². The molecule has 1 aliphatic carbocycles. The number of aromatic nitrogens is 1. The van der Waals surface area contributed by atoms with Gasteiger partial charge in [-0.2, -0.15) is 0 Å². The van der Waals surface area contributed by atoms with Gasteiger partial charge in [0.15, 0.2) is 16.9 Å². The first kappa shape index (κ1) is 24.8. The lowest BCUT2D eigenvalue weighted by Gasteiger charge is -2.36. The minimum absolute atomic E-state index is 0.0634. The van der Waals surface area contributed by atoms with Gasteiger partial charge in [0.1, 0.15) is 5.88 Å². The van der Waals surface area contributed by atoms with Crippen LogP contribution < -0.4 is 5.48 Å². The van der Waals surface area contributed by atoms with Gasteiger partial charge in [-0.3, -0.25) is 19.7 Å². The number of nitrogens with zero attached hydrogens (tertiary/aromatic N) is 3. The Hall–Kier alpha value is -2.89. The molecule has 190 valence electrons. The van der Waals surface area contributed by atoms with Crippen molar-refractivity contribution in [2.75, 3.05) is 38.6 Å². The molecule has 0 spiro atoms.